The molecule has 0 spiro atoms. The van der Waals surface area contributed by atoms with Crippen LogP contribution in [0.5, 0.6) is 0 Å². The predicted octanol–water partition coefficient (Wildman–Crippen LogP) is 0.357. The highest BCUT2D eigenvalue weighted by Crippen LogP contribution is 2.17. The van der Waals surface area contributed by atoms with E-state index in [1.165, 1.54) is 0 Å². The Morgan fingerprint density at radius 2 is 2.53 bits per heavy atom. The van der Waals surface area contributed by atoms with E-state index in [2.05, 4.69) is 15.7 Å². The van der Waals surface area contributed by atoms with Gasteiger partial charge in [-0.2, -0.15) is 5.10 Å². The number of nitrogens with one attached hydrogen (secondary N) is 2. The van der Waals surface area contributed by atoms with Crippen molar-refractivity contribution in [2.45, 2.75) is 19.4 Å². The molecule has 0 aromatic carbocycles. The van der Waals surface area contributed by atoms with Crippen molar-refractivity contribution in [2.75, 3.05) is 11.9 Å². The van der Waals surface area contributed by atoms with Crippen molar-refractivity contribution in [1.29, 1.82) is 0 Å². The van der Waals surface area contributed by atoms with Crippen LogP contribution in [-0.2, 0) is 11.8 Å². The Morgan fingerprint density at radius 3 is 3.07 bits per heavy atom. The van der Waals surface area contributed by atoms with Crippen molar-refractivity contribution in [3.8, 4) is 0 Å². The molecule has 1 saturated heterocycles. The third kappa shape index (κ3) is 2.18. The van der Waals surface area contributed by atoms with Gasteiger partial charge in [-0.3, -0.25) is 9.48 Å². The van der Waals surface area contributed by atoms with E-state index in [1.54, 1.807) is 10.7 Å². The summed E-state index contributed by atoms with van der Waals surface area (Å²) in [5, 5.41) is 10.2. The molecule has 5 nitrogen and oxygen atoms in total. The summed E-state index contributed by atoms with van der Waals surface area (Å²) in [5.41, 5.74) is 0. The Morgan fingerprint density at radius 1 is 1.73 bits per heavy atom. The summed E-state index contributed by atoms with van der Waals surface area (Å²) in [6, 6.07) is 2.05. The lowest BCUT2D eigenvalue weighted by Gasteiger charge is -2.13. The molecule has 1 amide bonds. The molecule has 1 aromatic heterocycles. The Bertz CT molecular complexity index is 360. The van der Waals surface area contributed by atoms with Crippen LogP contribution in [0.2, 0.25) is 0 Å². The van der Waals surface area contributed by atoms with Crippen molar-refractivity contribution in [1.82, 2.24) is 15.1 Å². The van der Waals surface area contributed by atoms with Crippen molar-refractivity contribution < 1.29 is 4.79 Å². The number of hydrogen-bond acceptors (Lipinski definition) is 3. The minimum Gasteiger partial charge on any atom is -0.313 e. The predicted molar refractivity (Wildman–Crippen MR) is 57.4 cm³/mol. The number of hydrogen-bond donors (Lipinski definition) is 2. The maximum absolute atomic E-state index is 11.8. The van der Waals surface area contributed by atoms with E-state index in [0.717, 1.165) is 13.0 Å². The Balaban J connectivity index is 1.97. The van der Waals surface area contributed by atoms with Crippen LogP contribution in [0.1, 0.15) is 13.3 Å². The maximum Gasteiger partial charge on any atom is 0.230 e. The molecule has 0 saturated carbocycles. The summed E-state index contributed by atoms with van der Waals surface area (Å²) in [6.45, 7) is 2.96. The third-order valence-electron chi connectivity index (χ3n) is 2.83. The van der Waals surface area contributed by atoms with Crippen LogP contribution in [0.25, 0.3) is 0 Å². The molecule has 0 aliphatic carbocycles. The standard InChI is InChI=1S/C10H16N4O/c1-7-8(3-5-11-7)10(15)12-9-4-6-14(2)13-9/h4,6-8,11H,3,5H2,1-2H3,(H,12,13,15). The molecule has 2 atom stereocenters. The van der Waals surface area contributed by atoms with Gasteiger partial charge in [0.05, 0.1) is 5.92 Å². The minimum absolute atomic E-state index is 0.0613. The van der Waals surface area contributed by atoms with Crippen LogP contribution >= 0.6 is 0 Å². The zero-order chi connectivity index (χ0) is 10.8. The van der Waals surface area contributed by atoms with E-state index in [-0.39, 0.29) is 17.9 Å². The summed E-state index contributed by atoms with van der Waals surface area (Å²) in [5.74, 6) is 0.750. The highest BCUT2D eigenvalue weighted by Gasteiger charge is 2.29. The molecule has 1 aliphatic heterocycles. The van der Waals surface area contributed by atoms with Crippen molar-refractivity contribution in [3.63, 3.8) is 0 Å². The summed E-state index contributed by atoms with van der Waals surface area (Å²) in [6.07, 6.45) is 2.71. The molecular formula is C10H16N4O. The molecule has 2 unspecified atom stereocenters. The van der Waals surface area contributed by atoms with E-state index in [0.29, 0.717) is 5.82 Å². The Labute approximate surface area is 88.8 Å². The number of carbonyl (C=O) groups is 1. The molecule has 0 bridgehead atoms. The van der Waals surface area contributed by atoms with Gasteiger partial charge in [-0.1, -0.05) is 0 Å². The SMILES string of the molecule is CC1NCCC1C(=O)Nc1ccn(C)n1. The second kappa shape index (κ2) is 4.02. The monoisotopic (exact) mass is 208 g/mol. The minimum atomic E-state index is 0.0613. The van der Waals surface area contributed by atoms with E-state index >= 15 is 0 Å². The number of aromatic nitrogens is 2. The molecule has 1 aliphatic rings. The molecule has 1 fully saturated rings. The van der Waals surface area contributed by atoms with Gasteiger partial charge in [0, 0.05) is 25.4 Å². The smallest absolute Gasteiger partial charge is 0.230 e. The molecule has 2 N–H and O–H groups in total. The molecule has 5 heteroatoms. The van der Waals surface area contributed by atoms with Crippen LogP contribution < -0.4 is 10.6 Å². The first kappa shape index (κ1) is 10.2. The first-order valence-corrected chi connectivity index (χ1v) is 5.20. The van der Waals surface area contributed by atoms with Crippen LogP contribution in [0.15, 0.2) is 12.3 Å². The van der Waals surface area contributed by atoms with Crippen molar-refractivity contribution >= 4 is 11.7 Å². The van der Waals surface area contributed by atoms with Crippen molar-refractivity contribution in [3.05, 3.63) is 12.3 Å². The fourth-order valence-electron chi connectivity index (χ4n) is 1.92. The van der Waals surface area contributed by atoms with Gasteiger partial charge in [-0.15, -0.1) is 0 Å². The van der Waals surface area contributed by atoms with E-state index < -0.39 is 0 Å². The Kier molecular flexibility index (Phi) is 2.73. The zero-order valence-electron chi connectivity index (χ0n) is 9.03. The highest BCUT2D eigenvalue weighted by atomic mass is 16.2. The van der Waals surface area contributed by atoms with Gasteiger partial charge in [0.2, 0.25) is 5.91 Å². The lowest BCUT2D eigenvalue weighted by molar-refractivity contribution is -0.120. The number of anilines is 1. The van der Waals surface area contributed by atoms with Crippen LogP contribution in [0, 0.1) is 5.92 Å². The molecular weight excluding hydrogens is 192 g/mol. The number of rotatable bonds is 2. The normalized spacial score (nSPS) is 25.5. The topological polar surface area (TPSA) is 59.0 Å². The van der Waals surface area contributed by atoms with Gasteiger partial charge in [0.25, 0.3) is 0 Å². The largest absolute Gasteiger partial charge is 0.313 e. The maximum atomic E-state index is 11.8. The second-order valence-electron chi connectivity index (χ2n) is 4.00. The number of aryl methyl sites for hydroxylation is 1. The molecule has 2 rings (SSSR count). The lowest BCUT2D eigenvalue weighted by atomic mass is 10.0. The number of amides is 1. The quantitative estimate of drug-likeness (QED) is 0.737. The zero-order valence-corrected chi connectivity index (χ0v) is 9.03. The molecule has 1 aromatic rings. The average molecular weight is 208 g/mol. The third-order valence-corrected chi connectivity index (χ3v) is 2.83. The molecule has 0 radical (unpaired) electrons. The van der Waals surface area contributed by atoms with Crippen LogP contribution in [0.4, 0.5) is 5.82 Å². The average Bonchev–Trinajstić information content (AvgIpc) is 2.75. The Hall–Kier alpha value is -1.36. The fraction of sp³-hybridized carbons (Fsp3) is 0.600. The second-order valence-corrected chi connectivity index (χ2v) is 4.00. The molecule has 82 valence electrons. The summed E-state index contributed by atoms with van der Waals surface area (Å²) < 4.78 is 1.67. The van der Waals surface area contributed by atoms with Gasteiger partial charge in [0.1, 0.15) is 0 Å². The lowest BCUT2D eigenvalue weighted by Crippen LogP contribution is -2.32. The number of carbonyl (C=O) groups excluding carboxylic acids is 1. The van der Waals surface area contributed by atoms with Crippen molar-refractivity contribution in [2.24, 2.45) is 13.0 Å². The fourth-order valence-corrected chi connectivity index (χ4v) is 1.92. The van der Waals surface area contributed by atoms with Crippen LogP contribution in [0.3, 0.4) is 0 Å². The van der Waals surface area contributed by atoms with Crippen LogP contribution in [-0.4, -0.2) is 28.3 Å². The summed E-state index contributed by atoms with van der Waals surface area (Å²) in [7, 11) is 1.83. The number of nitrogens with zero attached hydrogens (tertiary/aromatic N) is 2. The van der Waals surface area contributed by atoms with E-state index in [4.69, 9.17) is 0 Å². The van der Waals surface area contributed by atoms with Gasteiger partial charge >= 0.3 is 0 Å². The van der Waals surface area contributed by atoms with E-state index in [9.17, 15) is 4.79 Å². The molecule has 15 heavy (non-hydrogen) atoms. The summed E-state index contributed by atoms with van der Waals surface area (Å²) >= 11 is 0. The highest BCUT2D eigenvalue weighted by molar-refractivity contribution is 5.92. The van der Waals surface area contributed by atoms with Gasteiger partial charge in [-0.25, -0.2) is 0 Å². The first-order valence-electron chi connectivity index (χ1n) is 5.20. The van der Waals surface area contributed by atoms with Gasteiger partial charge in [-0.05, 0) is 19.9 Å². The van der Waals surface area contributed by atoms with Gasteiger partial charge in [0.15, 0.2) is 5.82 Å². The van der Waals surface area contributed by atoms with E-state index in [1.807, 2.05) is 20.2 Å². The summed E-state index contributed by atoms with van der Waals surface area (Å²) in [4.78, 5) is 11.8. The molecule has 2 heterocycles. The first-order chi connectivity index (χ1) is 7.16. The van der Waals surface area contributed by atoms with Gasteiger partial charge < -0.3 is 10.6 Å².